The highest BCUT2D eigenvalue weighted by Crippen LogP contribution is 2.31. The first-order chi connectivity index (χ1) is 6.83. The van der Waals surface area contributed by atoms with Crippen LogP contribution in [0.4, 0.5) is 5.69 Å². The van der Waals surface area contributed by atoms with Gasteiger partial charge in [-0.15, -0.1) is 0 Å². The molecule has 0 bridgehead atoms. The zero-order valence-electron chi connectivity index (χ0n) is 7.20. The van der Waals surface area contributed by atoms with Crippen molar-refractivity contribution in [1.29, 1.82) is 0 Å². The number of isocyanates is 1. The van der Waals surface area contributed by atoms with E-state index >= 15 is 0 Å². The van der Waals surface area contributed by atoms with E-state index in [9.17, 15) is 4.79 Å². The van der Waals surface area contributed by atoms with E-state index < -0.39 is 0 Å². The van der Waals surface area contributed by atoms with Crippen LogP contribution in [0.15, 0.2) is 41.4 Å². The van der Waals surface area contributed by atoms with Crippen LogP contribution in [-0.4, -0.2) is 6.08 Å². The van der Waals surface area contributed by atoms with Crippen LogP contribution in [0.2, 0.25) is 5.02 Å². The monoisotopic (exact) mass is 203 g/mol. The summed E-state index contributed by atoms with van der Waals surface area (Å²) in [5.74, 6) is 0. The smallest absolute Gasteiger partial charge is 0.211 e. The molecule has 2 rings (SSSR count). The average Bonchev–Trinajstić information content (AvgIpc) is 2.19. The molecule has 0 aliphatic heterocycles. The third-order valence-electron chi connectivity index (χ3n) is 2.00. The first kappa shape index (κ1) is 8.95. The standard InChI is InChI=1S/C11H6ClNO/c12-9-5-1-3-8-4-2-6-10(11(8)9)13-7-14/h1-6H. The van der Waals surface area contributed by atoms with Gasteiger partial charge < -0.3 is 0 Å². The molecular formula is C11H6ClNO. The van der Waals surface area contributed by atoms with E-state index in [1.165, 1.54) is 6.08 Å². The maximum Gasteiger partial charge on any atom is 0.240 e. The molecule has 2 aromatic carbocycles. The molecule has 0 atom stereocenters. The van der Waals surface area contributed by atoms with Gasteiger partial charge in [0.25, 0.3) is 0 Å². The summed E-state index contributed by atoms with van der Waals surface area (Å²) in [6, 6.07) is 11.0. The fourth-order valence-corrected chi connectivity index (χ4v) is 1.70. The quantitative estimate of drug-likeness (QED) is 0.516. The molecule has 0 unspecified atom stereocenters. The summed E-state index contributed by atoms with van der Waals surface area (Å²) in [6.07, 6.45) is 1.52. The van der Waals surface area contributed by atoms with Crippen molar-refractivity contribution in [3.63, 3.8) is 0 Å². The lowest BCUT2D eigenvalue weighted by atomic mass is 10.1. The summed E-state index contributed by atoms with van der Waals surface area (Å²) in [5, 5.41) is 2.35. The van der Waals surface area contributed by atoms with E-state index in [0.717, 1.165) is 10.8 Å². The molecule has 2 nitrogen and oxygen atoms in total. The number of aliphatic imine (C=N–C) groups is 1. The van der Waals surface area contributed by atoms with Crippen LogP contribution in [-0.2, 0) is 4.79 Å². The summed E-state index contributed by atoms with van der Waals surface area (Å²) in [5.41, 5.74) is 0.558. The molecule has 0 aliphatic carbocycles. The molecule has 2 aromatic rings. The first-order valence-electron chi connectivity index (χ1n) is 4.08. The van der Waals surface area contributed by atoms with Gasteiger partial charge in [-0.25, -0.2) is 4.79 Å². The molecule has 0 radical (unpaired) electrons. The van der Waals surface area contributed by atoms with E-state index in [0.29, 0.717) is 10.7 Å². The van der Waals surface area contributed by atoms with Crippen molar-refractivity contribution in [2.45, 2.75) is 0 Å². The predicted molar refractivity (Wildman–Crippen MR) is 56.7 cm³/mol. The van der Waals surface area contributed by atoms with E-state index in [2.05, 4.69) is 4.99 Å². The van der Waals surface area contributed by atoms with Crippen molar-refractivity contribution in [2.75, 3.05) is 0 Å². The van der Waals surface area contributed by atoms with E-state index in [1.54, 1.807) is 12.1 Å². The number of hydrogen-bond acceptors (Lipinski definition) is 2. The molecule has 14 heavy (non-hydrogen) atoms. The van der Waals surface area contributed by atoms with Gasteiger partial charge in [0, 0.05) is 5.39 Å². The summed E-state index contributed by atoms with van der Waals surface area (Å²) in [6.45, 7) is 0. The van der Waals surface area contributed by atoms with E-state index in [-0.39, 0.29) is 0 Å². The molecule has 0 spiro atoms. The second kappa shape index (κ2) is 3.62. The number of nitrogens with zero attached hydrogens (tertiary/aromatic N) is 1. The Kier molecular flexibility index (Phi) is 2.32. The van der Waals surface area contributed by atoms with Gasteiger partial charge >= 0.3 is 0 Å². The lowest BCUT2D eigenvalue weighted by molar-refractivity contribution is 0.565. The second-order valence-corrected chi connectivity index (χ2v) is 3.23. The maximum absolute atomic E-state index is 10.2. The fraction of sp³-hybridized carbons (Fsp3) is 0. The number of rotatable bonds is 1. The number of carbonyl (C=O) groups excluding carboxylic acids is 1. The Balaban J connectivity index is 2.90. The molecule has 0 N–H and O–H groups in total. The third kappa shape index (κ3) is 1.41. The van der Waals surface area contributed by atoms with Crippen molar-refractivity contribution < 1.29 is 4.79 Å². The van der Waals surface area contributed by atoms with Crippen LogP contribution in [0.3, 0.4) is 0 Å². The van der Waals surface area contributed by atoms with Gasteiger partial charge in [-0.05, 0) is 17.5 Å². The summed E-state index contributed by atoms with van der Waals surface area (Å²) in [4.78, 5) is 13.8. The normalized spacial score (nSPS) is 9.79. The highest BCUT2D eigenvalue weighted by Gasteiger charge is 2.02. The average molecular weight is 204 g/mol. The van der Waals surface area contributed by atoms with Crippen molar-refractivity contribution in [3.8, 4) is 0 Å². The summed E-state index contributed by atoms with van der Waals surface area (Å²) >= 11 is 6.01. The molecule has 3 heteroatoms. The van der Waals surface area contributed by atoms with Crippen LogP contribution >= 0.6 is 11.6 Å². The molecule has 68 valence electrons. The van der Waals surface area contributed by atoms with Gasteiger partial charge in [0.15, 0.2) is 0 Å². The van der Waals surface area contributed by atoms with E-state index in [1.807, 2.05) is 24.3 Å². The van der Waals surface area contributed by atoms with Crippen LogP contribution in [0.5, 0.6) is 0 Å². The summed E-state index contributed by atoms with van der Waals surface area (Å²) in [7, 11) is 0. The van der Waals surface area contributed by atoms with Gasteiger partial charge in [-0.2, -0.15) is 4.99 Å². The Labute approximate surface area is 85.8 Å². The largest absolute Gasteiger partial charge is 0.240 e. The topological polar surface area (TPSA) is 29.4 Å². The van der Waals surface area contributed by atoms with Crippen LogP contribution in [0, 0.1) is 0 Å². The number of halogens is 1. The third-order valence-corrected chi connectivity index (χ3v) is 2.31. The Hall–Kier alpha value is -1.63. The fourth-order valence-electron chi connectivity index (χ4n) is 1.42. The molecule has 0 saturated carbocycles. The van der Waals surface area contributed by atoms with E-state index in [4.69, 9.17) is 11.6 Å². The lowest BCUT2D eigenvalue weighted by Crippen LogP contribution is -1.74. The lowest BCUT2D eigenvalue weighted by Gasteiger charge is -2.01. The van der Waals surface area contributed by atoms with Gasteiger partial charge in [0.2, 0.25) is 6.08 Å². The second-order valence-electron chi connectivity index (χ2n) is 2.82. The molecular weight excluding hydrogens is 198 g/mol. The van der Waals surface area contributed by atoms with Crippen LogP contribution in [0.1, 0.15) is 0 Å². The van der Waals surface area contributed by atoms with Gasteiger partial charge in [-0.1, -0.05) is 35.9 Å². The zero-order valence-corrected chi connectivity index (χ0v) is 7.95. The molecule has 0 aromatic heterocycles. The Morgan fingerprint density at radius 3 is 2.57 bits per heavy atom. The number of fused-ring (bicyclic) bond motifs is 1. The number of hydrogen-bond donors (Lipinski definition) is 0. The minimum atomic E-state index is 0.558. The SMILES string of the molecule is O=C=Nc1cccc2cccc(Cl)c12. The van der Waals surface area contributed by atoms with Crippen LogP contribution < -0.4 is 0 Å². The van der Waals surface area contributed by atoms with Crippen molar-refractivity contribution in [2.24, 2.45) is 4.99 Å². The summed E-state index contributed by atoms with van der Waals surface area (Å²) < 4.78 is 0. The highest BCUT2D eigenvalue weighted by molar-refractivity contribution is 6.36. The Bertz CT molecular complexity index is 525. The highest BCUT2D eigenvalue weighted by atomic mass is 35.5. The molecule has 0 heterocycles. The molecule has 0 fully saturated rings. The zero-order chi connectivity index (χ0) is 9.97. The minimum absolute atomic E-state index is 0.558. The maximum atomic E-state index is 10.2. The Morgan fingerprint density at radius 2 is 1.86 bits per heavy atom. The van der Waals surface area contributed by atoms with Crippen molar-refractivity contribution >= 4 is 34.1 Å². The Morgan fingerprint density at radius 1 is 1.14 bits per heavy atom. The molecule has 0 aliphatic rings. The van der Waals surface area contributed by atoms with Crippen LogP contribution in [0.25, 0.3) is 10.8 Å². The van der Waals surface area contributed by atoms with Gasteiger partial charge in [0.05, 0.1) is 10.7 Å². The van der Waals surface area contributed by atoms with Gasteiger partial charge in [-0.3, -0.25) is 0 Å². The predicted octanol–water partition coefficient (Wildman–Crippen LogP) is 3.46. The number of benzene rings is 2. The molecule has 0 saturated heterocycles. The van der Waals surface area contributed by atoms with Gasteiger partial charge in [0.1, 0.15) is 0 Å². The first-order valence-corrected chi connectivity index (χ1v) is 4.46. The minimum Gasteiger partial charge on any atom is -0.211 e. The molecule has 0 amide bonds. The van der Waals surface area contributed by atoms with Crippen molar-refractivity contribution in [3.05, 3.63) is 41.4 Å². The van der Waals surface area contributed by atoms with Crippen molar-refractivity contribution in [1.82, 2.24) is 0 Å².